The molecular formula is C14H16N2O5. The molecule has 0 spiro atoms. The highest BCUT2D eigenvalue weighted by Gasteiger charge is 2.27. The van der Waals surface area contributed by atoms with E-state index in [2.05, 4.69) is 5.32 Å². The first-order valence-corrected chi connectivity index (χ1v) is 7.01. The van der Waals surface area contributed by atoms with Crippen LogP contribution in [-0.2, 0) is 0 Å². The highest BCUT2D eigenvalue weighted by Crippen LogP contribution is 2.36. The topological polar surface area (TPSA) is 90.7 Å². The number of hydrogen-bond acceptors (Lipinski definition) is 5. The van der Waals surface area contributed by atoms with Crippen molar-refractivity contribution in [3.05, 3.63) is 27.8 Å². The molecule has 21 heavy (non-hydrogen) atoms. The van der Waals surface area contributed by atoms with Gasteiger partial charge in [0.1, 0.15) is 18.8 Å². The molecule has 0 bridgehead atoms. The SMILES string of the molecule is O=C(NCC1CCC1)c1cc2c(cc1[N+](=O)[O-])OCCO2. The maximum atomic E-state index is 12.2. The Morgan fingerprint density at radius 1 is 1.29 bits per heavy atom. The fourth-order valence-electron chi connectivity index (χ4n) is 2.44. The normalized spacial score (nSPS) is 17.0. The highest BCUT2D eigenvalue weighted by atomic mass is 16.6. The van der Waals surface area contributed by atoms with E-state index in [-0.39, 0.29) is 11.3 Å². The van der Waals surface area contributed by atoms with Crippen LogP contribution in [-0.4, -0.2) is 30.6 Å². The Morgan fingerprint density at radius 2 is 1.95 bits per heavy atom. The van der Waals surface area contributed by atoms with Crippen LogP contribution in [0.15, 0.2) is 12.1 Å². The lowest BCUT2D eigenvalue weighted by atomic mass is 9.85. The van der Waals surface area contributed by atoms with Gasteiger partial charge in [-0.25, -0.2) is 0 Å². The predicted octanol–water partition coefficient (Wildman–Crippen LogP) is 1.90. The molecule has 7 heteroatoms. The summed E-state index contributed by atoms with van der Waals surface area (Å²) < 4.78 is 10.7. The van der Waals surface area contributed by atoms with Gasteiger partial charge in [-0.1, -0.05) is 6.42 Å². The quantitative estimate of drug-likeness (QED) is 0.676. The molecule has 1 saturated carbocycles. The van der Waals surface area contributed by atoms with Gasteiger partial charge in [-0.15, -0.1) is 0 Å². The van der Waals surface area contributed by atoms with Crippen molar-refractivity contribution in [1.29, 1.82) is 0 Å². The van der Waals surface area contributed by atoms with Crippen molar-refractivity contribution in [2.45, 2.75) is 19.3 Å². The van der Waals surface area contributed by atoms with E-state index in [4.69, 9.17) is 9.47 Å². The third-order valence-electron chi connectivity index (χ3n) is 3.88. The number of amides is 1. The van der Waals surface area contributed by atoms with Gasteiger partial charge in [0.05, 0.1) is 11.0 Å². The molecule has 0 saturated heterocycles. The van der Waals surface area contributed by atoms with Crippen molar-refractivity contribution in [2.75, 3.05) is 19.8 Å². The van der Waals surface area contributed by atoms with Gasteiger partial charge >= 0.3 is 0 Å². The van der Waals surface area contributed by atoms with Crippen molar-refractivity contribution in [1.82, 2.24) is 5.32 Å². The van der Waals surface area contributed by atoms with Crippen LogP contribution in [0.2, 0.25) is 0 Å². The molecule has 1 aromatic rings. The predicted molar refractivity (Wildman–Crippen MR) is 73.8 cm³/mol. The molecule has 1 aromatic carbocycles. The fraction of sp³-hybridized carbons (Fsp3) is 0.500. The first kappa shape index (κ1) is 13.7. The van der Waals surface area contributed by atoms with E-state index < -0.39 is 10.8 Å². The summed E-state index contributed by atoms with van der Waals surface area (Å²) in [6.07, 6.45) is 3.39. The molecule has 1 aliphatic carbocycles. The molecule has 1 fully saturated rings. The summed E-state index contributed by atoms with van der Waals surface area (Å²) in [7, 11) is 0. The molecular weight excluding hydrogens is 276 g/mol. The Morgan fingerprint density at radius 3 is 2.52 bits per heavy atom. The number of rotatable bonds is 4. The molecule has 0 radical (unpaired) electrons. The number of nitrogens with zero attached hydrogens (tertiary/aromatic N) is 1. The van der Waals surface area contributed by atoms with E-state index in [1.165, 1.54) is 18.6 Å². The number of carbonyl (C=O) groups is 1. The van der Waals surface area contributed by atoms with Crippen molar-refractivity contribution in [2.24, 2.45) is 5.92 Å². The van der Waals surface area contributed by atoms with Crippen LogP contribution in [0.3, 0.4) is 0 Å². The number of hydrogen-bond donors (Lipinski definition) is 1. The summed E-state index contributed by atoms with van der Waals surface area (Å²) in [5, 5.41) is 13.9. The molecule has 3 rings (SSSR count). The number of nitro groups is 1. The largest absolute Gasteiger partial charge is 0.486 e. The Bertz CT molecular complexity index is 583. The fourth-order valence-corrected chi connectivity index (χ4v) is 2.44. The van der Waals surface area contributed by atoms with E-state index in [1.54, 1.807) is 0 Å². The van der Waals surface area contributed by atoms with Crippen LogP contribution in [0.1, 0.15) is 29.6 Å². The van der Waals surface area contributed by atoms with Gasteiger partial charge in [-0.05, 0) is 18.8 Å². The zero-order chi connectivity index (χ0) is 14.8. The molecule has 1 N–H and O–H groups in total. The van der Waals surface area contributed by atoms with Gasteiger partial charge in [-0.2, -0.15) is 0 Å². The smallest absolute Gasteiger partial charge is 0.286 e. The minimum absolute atomic E-state index is 0.0172. The van der Waals surface area contributed by atoms with Crippen molar-refractivity contribution < 1.29 is 19.2 Å². The minimum Gasteiger partial charge on any atom is -0.486 e. The Hall–Kier alpha value is -2.31. The third kappa shape index (κ3) is 2.76. The molecule has 0 atom stereocenters. The molecule has 1 heterocycles. The zero-order valence-corrected chi connectivity index (χ0v) is 11.5. The summed E-state index contributed by atoms with van der Waals surface area (Å²) in [6.45, 7) is 1.27. The van der Waals surface area contributed by atoms with Crippen LogP contribution in [0.5, 0.6) is 11.5 Å². The Kier molecular flexibility index (Phi) is 3.64. The van der Waals surface area contributed by atoms with Crippen LogP contribution >= 0.6 is 0 Å². The van der Waals surface area contributed by atoms with E-state index >= 15 is 0 Å². The first-order chi connectivity index (χ1) is 10.1. The molecule has 7 nitrogen and oxygen atoms in total. The van der Waals surface area contributed by atoms with Crippen LogP contribution in [0.4, 0.5) is 5.69 Å². The second-order valence-electron chi connectivity index (χ2n) is 5.28. The molecule has 2 aliphatic rings. The summed E-state index contributed by atoms with van der Waals surface area (Å²) >= 11 is 0. The van der Waals surface area contributed by atoms with Gasteiger partial charge in [-0.3, -0.25) is 14.9 Å². The maximum absolute atomic E-state index is 12.2. The zero-order valence-electron chi connectivity index (χ0n) is 11.5. The van der Waals surface area contributed by atoms with Gasteiger partial charge in [0, 0.05) is 12.6 Å². The molecule has 1 aliphatic heterocycles. The number of nitrogens with one attached hydrogen (secondary N) is 1. The Labute approximate surface area is 121 Å². The standard InChI is InChI=1S/C14H16N2O5/c17-14(15-8-9-2-1-3-9)10-6-12-13(21-5-4-20-12)7-11(10)16(18)19/h6-7,9H,1-5,8H2,(H,15,17). The average molecular weight is 292 g/mol. The minimum atomic E-state index is -0.573. The van der Waals surface area contributed by atoms with Crippen LogP contribution in [0, 0.1) is 16.0 Å². The van der Waals surface area contributed by atoms with Gasteiger partial charge in [0.25, 0.3) is 11.6 Å². The van der Waals surface area contributed by atoms with E-state index in [1.807, 2.05) is 0 Å². The summed E-state index contributed by atoms with van der Waals surface area (Å²) in [5.74, 6) is 0.736. The second kappa shape index (κ2) is 5.59. The Balaban J connectivity index is 1.84. The third-order valence-corrected chi connectivity index (χ3v) is 3.88. The highest BCUT2D eigenvalue weighted by molar-refractivity contribution is 5.99. The van der Waals surface area contributed by atoms with Gasteiger partial charge in [0.2, 0.25) is 0 Å². The lowest BCUT2D eigenvalue weighted by Crippen LogP contribution is -2.32. The first-order valence-electron chi connectivity index (χ1n) is 7.01. The van der Waals surface area contributed by atoms with Crippen molar-refractivity contribution in [3.8, 4) is 11.5 Å². The molecule has 0 aromatic heterocycles. The maximum Gasteiger partial charge on any atom is 0.286 e. The number of nitro benzene ring substituents is 1. The van der Waals surface area contributed by atoms with Crippen molar-refractivity contribution in [3.63, 3.8) is 0 Å². The number of ether oxygens (including phenoxy) is 2. The van der Waals surface area contributed by atoms with Crippen molar-refractivity contribution >= 4 is 11.6 Å². The van der Waals surface area contributed by atoms with Gasteiger partial charge < -0.3 is 14.8 Å². The monoisotopic (exact) mass is 292 g/mol. The lowest BCUT2D eigenvalue weighted by Gasteiger charge is -2.25. The summed E-state index contributed by atoms with van der Waals surface area (Å²) in [5.41, 5.74) is -0.242. The van der Waals surface area contributed by atoms with Crippen LogP contribution in [0.25, 0.3) is 0 Å². The van der Waals surface area contributed by atoms with E-state index in [9.17, 15) is 14.9 Å². The van der Waals surface area contributed by atoms with Gasteiger partial charge in [0.15, 0.2) is 11.5 Å². The summed E-state index contributed by atoms with van der Waals surface area (Å²) in [4.78, 5) is 22.8. The second-order valence-corrected chi connectivity index (χ2v) is 5.28. The molecule has 1 amide bonds. The molecule has 112 valence electrons. The summed E-state index contributed by atoms with van der Waals surface area (Å²) in [6, 6.07) is 2.65. The van der Waals surface area contributed by atoms with E-state index in [0.717, 1.165) is 12.8 Å². The number of carbonyl (C=O) groups excluding carboxylic acids is 1. The van der Waals surface area contributed by atoms with Crippen LogP contribution < -0.4 is 14.8 Å². The average Bonchev–Trinajstić information content (AvgIpc) is 2.44. The number of fused-ring (bicyclic) bond motifs is 1. The lowest BCUT2D eigenvalue weighted by molar-refractivity contribution is -0.385. The molecule has 0 unspecified atom stereocenters. The number of benzene rings is 1. The van der Waals surface area contributed by atoms with E-state index in [0.29, 0.717) is 37.2 Å².